The molecule has 0 aliphatic carbocycles. The van der Waals surface area contributed by atoms with E-state index in [9.17, 15) is 4.79 Å². The lowest BCUT2D eigenvalue weighted by Gasteiger charge is -2.22. The Morgan fingerprint density at radius 1 is 1.32 bits per heavy atom. The van der Waals surface area contributed by atoms with Gasteiger partial charge in [0.2, 0.25) is 0 Å². The minimum absolute atomic E-state index is 0.0222. The molecule has 2 N–H and O–H groups in total. The molecule has 0 aliphatic rings. The molecule has 0 spiro atoms. The number of likely N-dealkylation sites (N-methyl/N-ethyl adjacent to an activating group) is 1. The quantitative estimate of drug-likeness (QED) is 0.861. The minimum atomic E-state index is -0.272. The van der Waals surface area contributed by atoms with Crippen molar-refractivity contribution in [2.75, 3.05) is 33.1 Å². The van der Waals surface area contributed by atoms with E-state index in [1.807, 2.05) is 43.3 Å². The molecule has 0 bridgehead atoms. The fourth-order valence-electron chi connectivity index (χ4n) is 2.08. The van der Waals surface area contributed by atoms with Gasteiger partial charge in [0.25, 0.3) is 0 Å². The number of anilines is 1. The van der Waals surface area contributed by atoms with E-state index in [0.717, 1.165) is 5.76 Å². The van der Waals surface area contributed by atoms with Gasteiger partial charge >= 0.3 is 6.03 Å². The molecule has 1 atom stereocenters. The number of nitrogens with zero attached hydrogens (tertiary/aromatic N) is 1. The number of hydrogen-bond donors (Lipinski definition) is 2. The van der Waals surface area contributed by atoms with Crippen molar-refractivity contribution in [2.45, 2.75) is 6.04 Å². The van der Waals surface area contributed by atoms with Gasteiger partial charge in [-0.15, -0.1) is 0 Å². The van der Waals surface area contributed by atoms with Gasteiger partial charge in [0.1, 0.15) is 11.5 Å². The van der Waals surface area contributed by atoms with Crippen molar-refractivity contribution < 1.29 is 13.9 Å². The zero-order valence-corrected chi connectivity index (χ0v) is 13.0. The highest BCUT2D eigenvalue weighted by molar-refractivity contribution is 5.89. The highest BCUT2D eigenvalue weighted by Crippen LogP contribution is 2.18. The minimum Gasteiger partial charge on any atom is -0.497 e. The summed E-state index contributed by atoms with van der Waals surface area (Å²) in [7, 11) is 5.47. The second-order valence-electron chi connectivity index (χ2n) is 5.06. The maximum atomic E-state index is 12.0. The maximum absolute atomic E-state index is 12.0. The fourth-order valence-corrected chi connectivity index (χ4v) is 2.08. The second kappa shape index (κ2) is 7.51. The van der Waals surface area contributed by atoms with Crippen LogP contribution in [0.1, 0.15) is 11.8 Å². The molecule has 2 aromatic rings. The highest BCUT2D eigenvalue weighted by atomic mass is 16.5. The number of rotatable bonds is 6. The first kappa shape index (κ1) is 15.9. The summed E-state index contributed by atoms with van der Waals surface area (Å²) in [5.41, 5.74) is 0.677. The van der Waals surface area contributed by atoms with Crippen molar-refractivity contribution in [3.8, 4) is 5.75 Å². The summed E-state index contributed by atoms with van der Waals surface area (Å²) in [5.74, 6) is 1.51. The molecule has 118 valence electrons. The van der Waals surface area contributed by atoms with Crippen LogP contribution in [0.25, 0.3) is 0 Å². The van der Waals surface area contributed by atoms with Crippen LogP contribution in [0.4, 0.5) is 10.5 Å². The van der Waals surface area contributed by atoms with Crippen molar-refractivity contribution in [3.05, 3.63) is 48.4 Å². The van der Waals surface area contributed by atoms with Crippen molar-refractivity contribution in [2.24, 2.45) is 0 Å². The van der Waals surface area contributed by atoms with Crippen LogP contribution in [0.2, 0.25) is 0 Å². The number of nitrogens with one attached hydrogen (secondary N) is 2. The molecule has 1 aromatic carbocycles. The molecule has 6 nitrogen and oxygen atoms in total. The zero-order valence-electron chi connectivity index (χ0n) is 13.0. The van der Waals surface area contributed by atoms with E-state index in [0.29, 0.717) is 18.0 Å². The molecule has 0 fully saturated rings. The van der Waals surface area contributed by atoms with Crippen LogP contribution in [0.15, 0.2) is 47.1 Å². The Bertz CT molecular complexity index is 596. The number of hydrogen-bond acceptors (Lipinski definition) is 4. The highest BCUT2D eigenvalue weighted by Gasteiger charge is 2.17. The number of methoxy groups -OCH3 is 1. The third-order valence-electron chi connectivity index (χ3n) is 3.28. The second-order valence-corrected chi connectivity index (χ2v) is 5.06. The van der Waals surface area contributed by atoms with E-state index in [-0.39, 0.29) is 12.1 Å². The maximum Gasteiger partial charge on any atom is 0.319 e. The number of carbonyl (C=O) groups is 1. The Morgan fingerprint density at radius 3 is 2.77 bits per heavy atom. The van der Waals surface area contributed by atoms with E-state index in [4.69, 9.17) is 9.15 Å². The van der Waals surface area contributed by atoms with Crippen LogP contribution in [0, 0.1) is 0 Å². The number of carbonyl (C=O) groups excluding carboxylic acids is 1. The van der Waals surface area contributed by atoms with Crippen molar-refractivity contribution in [3.63, 3.8) is 0 Å². The first-order chi connectivity index (χ1) is 10.6. The Labute approximate surface area is 130 Å². The number of amides is 2. The monoisotopic (exact) mass is 303 g/mol. The van der Waals surface area contributed by atoms with E-state index >= 15 is 0 Å². The molecule has 0 aliphatic heterocycles. The van der Waals surface area contributed by atoms with Gasteiger partial charge in [-0.1, -0.05) is 6.07 Å². The molecule has 1 heterocycles. The molecule has 0 saturated carbocycles. The van der Waals surface area contributed by atoms with Crippen molar-refractivity contribution in [1.82, 2.24) is 10.2 Å². The SMILES string of the molecule is COc1cccc(NC(=O)NC[C@H](c2ccco2)N(C)C)c1. The van der Waals surface area contributed by atoms with Gasteiger partial charge in [-0.3, -0.25) is 4.90 Å². The Hall–Kier alpha value is -2.47. The molecule has 1 aromatic heterocycles. The third kappa shape index (κ3) is 4.26. The van der Waals surface area contributed by atoms with Crippen LogP contribution in [-0.2, 0) is 0 Å². The lowest BCUT2D eigenvalue weighted by molar-refractivity contribution is 0.233. The molecule has 6 heteroatoms. The third-order valence-corrected chi connectivity index (χ3v) is 3.28. The molecule has 0 radical (unpaired) electrons. The molecular formula is C16H21N3O3. The molecule has 22 heavy (non-hydrogen) atoms. The van der Waals surface area contributed by atoms with E-state index in [2.05, 4.69) is 10.6 Å². The lowest BCUT2D eigenvalue weighted by atomic mass is 10.2. The zero-order chi connectivity index (χ0) is 15.9. The van der Waals surface area contributed by atoms with Gasteiger partial charge in [-0.25, -0.2) is 4.79 Å². The van der Waals surface area contributed by atoms with E-state index in [1.165, 1.54) is 0 Å². The van der Waals surface area contributed by atoms with Gasteiger partial charge in [0, 0.05) is 18.3 Å². The number of urea groups is 1. The average molecular weight is 303 g/mol. The molecule has 0 saturated heterocycles. The summed E-state index contributed by atoms with van der Waals surface area (Å²) >= 11 is 0. The normalized spacial score (nSPS) is 12.0. The van der Waals surface area contributed by atoms with Gasteiger partial charge in [0.15, 0.2) is 0 Å². The van der Waals surface area contributed by atoms with Crippen molar-refractivity contribution in [1.29, 1.82) is 0 Å². The predicted octanol–water partition coefficient (Wildman–Crippen LogP) is 2.71. The fraction of sp³-hybridized carbons (Fsp3) is 0.312. The Balaban J connectivity index is 1.91. The molecular weight excluding hydrogens is 282 g/mol. The van der Waals surface area contributed by atoms with Crippen molar-refractivity contribution >= 4 is 11.7 Å². The van der Waals surface area contributed by atoms with E-state index in [1.54, 1.807) is 25.5 Å². The lowest BCUT2D eigenvalue weighted by Crippen LogP contribution is -2.36. The number of benzene rings is 1. The predicted molar refractivity (Wildman–Crippen MR) is 85.2 cm³/mol. The first-order valence-electron chi connectivity index (χ1n) is 6.99. The average Bonchev–Trinajstić information content (AvgIpc) is 3.01. The van der Waals surface area contributed by atoms with Gasteiger partial charge in [0.05, 0.1) is 19.4 Å². The van der Waals surface area contributed by atoms with Crippen LogP contribution in [0.5, 0.6) is 5.75 Å². The van der Waals surface area contributed by atoms with Crippen LogP contribution in [0.3, 0.4) is 0 Å². The summed E-state index contributed by atoms with van der Waals surface area (Å²) in [5, 5.41) is 5.62. The van der Waals surface area contributed by atoms with Crippen LogP contribution < -0.4 is 15.4 Å². The summed E-state index contributed by atoms with van der Waals surface area (Å²) in [4.78, 5) is 14.0. The van der Waals surface area contributed by atoms with Gasteiger partial charge < -0.3 is 19.8 Å². The molecule has 0 unspecified atom stereocenters. The first-order valence-corrected chi connectivity index (χ1v) is 6.99. The summed E-state index contributed by atoms with van der Waals surface area (Å²) < 4.78 is 10.5. The van der Waals surface area contributed by atoms with Gasteiger partial charge in [-0.05, 0) is 38.4 Å². The molecule has 2 amide bonds. The molecule has 2 rings (SSSR count). The number of furan rings is 1. The largest absolute Gasteiger partial charge is 0.497 e. The summed E-state index contributed by atoms with van der Waals surface area (Å²) in [6, 6.07) is 10.6. The Morgan fingerprint density at radius 2 is 2.14 bits per heavy atom. The van der Waals surface area contributed by atoms with Gasteiger partial charge in [-0.2, -0.15) is 0 Å². The standard InChI is InChI=1S/C16H21N3O3/c1-19(2)14(15-8-5-9-22-15)11-17-16(20)18-12-6-4-7-13(10-12)21-3/h4-10,14H,11H2,1-3H3,(H2,17,18,20)/t14-/m1/s1. The smallest absolute Gasteiger partial charge is 0.319 e. The van der Waals surface area contributed by atoms with E-state index < -0.39 is 0 Å². The summed E-state index contributed by atoms with van der Waals surface area (Å²) in [6.07, 6.45) is 1.63. The number of ether oxygens (including phenoxy) is 1. The Kier molecular flexibility index (Phi) is 5.43. The van der Waals surface area contributed by atoms with Crippen LogP contribution >= 0.6 is 0 Å². The van der Waals surface area contributed by atoms with Crippen LogP contribution in [-0.4, -0.2) is 38.7 Å². The summed E-state index contributed by atoms with van der Waals surface area (Å²) in [6.45, 7) is 0.441. The topological polar surface area (TPSA) is 66.7 Å².